The second-order valence-corrected chi connectivity index (χ2v) is 16.2. The summed E-state index contributed by atoms with van der Waals surface area (Å²) in [5.41, 5.74) is 0. The molecule has 0 saturated carbocycles. The summed E-state index contributed by atoms with van der Waals surface area (Å²) in [6.07, 6.45) is 12.0. The molecule has 0 amide bonds. The Labute approximate surface area is 342 Å². The first-order chi connectivity index (χ1) is 27.6. The van der Waals surface area contributed by atoms with Crippen LogP contribution in [0.5, 0.6) is 0 Å². The van der Waals surface area contributed by atoms with Gasteiger partial charge in [0.25, 0.3) is 0 Å². The molecule has 0 aromatic carbocycles. The van der Waals surface area contributed by atoms with E-state index in [1.807, 2.05) is 0 Å². The molecule has 2 aliphatic rings. The highest BCUT2D eigenvalue weighted by Crippen LogP contribution is 2.26. The lowest BCUT2D eigenvalue weighted by atomic mass is 9.98. The van der Waals surface area contributed by atoms with Gasteiger partial charge in [-0.15, -0.1) is 0 Å². The van der Waals surface area contributed by atoms with Crippen LogP contribution in [0.3, 0.4) is 0 Å². The fourth-order valence-corrected chi connectivity index (χ4v) is 7.34. The van der Waals surface area contributed by atoms with Crippen LogP contribution in [0.2, 0.25) is 0 Å². The van der Waals surface area contributed by atoms with Crippen LogP contribution in [0.15, 0.2) is 0 Å². The van der Waals surface area contributed by atoms with Gasteiger partial charge < -0.3 is 64.2 Å². The van der Waals surface area contributed by atoms with Crippen molar-refractivity contribution < 1.29 is 69.0 Å². The Kier molecular flexibility index (Phi) is 29.9. The maximum absolute atomic E-state index is 12.8. The van der Waals surface area contributed by atoms with Crippen molar-refractivity contribution in [3.05, 3.63) is 0 Å². The van der Waals surface area contributed by atoms with E-state index in [1.165, 1.54) is 103 Å². The van der Waals surface area contributed by atoms with E-state index in [9.17, 15) is 40.5 Å². The van der Waals surface area contributed by atoms with Crippen molar-refractivity contribution in [1.82, 2.24) is 0 Å². The van der Waals surface area contributed by atoms with E-state index < -0.39 is 80.7 Å². The Morgan fingerprint density at radius 2 is 0.930 bits per heavy atom. The smallest absolute Gasteiger partial charge is 0.306 e. The molecule has 2 aliphatic heterocycles. The summed E-state index contributed by atoms with van der Waals surface area (Å²) < 4.78 is 34.0. The minimum absolute atomic E-state index is 0.0686. The van der Waals surface area contributed by atoms with E-state index in [0.717, 1.165) is 38.5 Å². The van der Waals surface area contributed by atoms with Crippen LogP contribution in [0.1, 0.15) is 168 Å². The summed E-state index contributed by atoms with van der Waals surface area (Å²) in [5, 5.41) is 71.7. The molecule has 14 heteroatoms. The molecule has 0 aromatic heterocycles. The molecule has 0 radical (unpaired) electrons. The van der Waals surface area contributed by atoms with Gasteiger partial charge in [0.05, 0.1) is 26.4 Å². The molecule has 2 heterocycles. The summed E-state index contributed by atoms with van der Waals surface area (Å²) in [4.78, 5) is 12.8. The molecule has 0 spiro atoms. The van der Waals surface area contributed by atoms with Crippen molar-refractivity contribution in [2.24, 2.45) is 0 Å². The van der Waals surface area contributed by atoms with E-state index in [4.69, 9.17) is 28.4 Å². The molecule has 0 aliphatic carbocycles. The van der Waals surface area contributed by atoms with Gasteiger partial charge in [-0.2, -0.15) is 0 Å². The molecule has 14 nitrogen and oxygen atoms in total. The van der Waals surface area contributed by atoms with Gasteiger partial charge in [0.1, 0.15) is 54.9 Å². The summed E-state index contributed by atoms with van der Waals surface area (Å²) in [5.74, 6) is -0.380. The van der Waals surface area contributed by atoms with Gasteiger partial charge in [-0.1, -0.05) is 149 Å². The molecule has 2 saturated heterocycles. The number of unbranched alkanes of at least 4 members (excludes halogenated alkanes) is 21. The van der Waals surface area contributed by atoms with E-state index in [1.54, 1.807) is 0 Å². The average Bonchev–Trinajstić information content (AvgIpc) is 3.20. The Balaban J connectivity index is 1.77. The fraction of sp³-hybridized carbons (Fsp3) is 0.977. The largest absolute Gasteiger partial charge is 0.457 e. The normalized spacial score (nSPS) is 28.4. The van der Waals surface area contributed by atoms with Crippen molar-refractivity contribution in [3.8, 4) is 0 Å². The predicted molar refractivity (Wildman–Crippen MR) is 215 cm³/mol. The lowest BCUT2D eigenvalue weighted by molar-refractivity contribution is -0.332. The highest BCUT2D eigenvalue weighted by atomic mass is 16.7. The first-order valence-electron chi connectivity index (χ1n) is 22.6. The van der Waals surface area contributed by atoms with Crippen molar-refractivity contribution in [3.63, 3.8) is 0 Å². The number of hydrogen-bond acceptors (Lipinski definition) is 14. The second-order valence-electron chi connectivity index (χ2n) is 16.2. The molecule has 57 heavy (non-hydrogen) atoms. The highest BCUT2D eigenvalue weighted by molar-refractivity contribution is 5.69. The third-order valence-electron chi connectivity index (χ3n) is 11.1. The maximum Gasteiger partial charge on any atom is 0.306 e. The van der Waals surface area contributed by atoms with Crippen molar-refractivity contribution in [2.75, 3.05) is 33.0 Å². The van der Waals surface area contributed by atoms with Gasteiger partial charge in [-0.3, -0.25) is 4.79 Å². The summed E-state index contributed by atoms with van der Waals surface area (Å²) in [7, 11) is 0. The quantitative estimate of drug-likeness (QED) is 0.0333. The van der Waals surface area contributed by atoms with Gasteiger partial charge in [-0.25, -0.2) is 0 Å². The topological polar surface area (TPSA) is 214 Å². The zero-order valence-corrected chi connectivity index (χ0v) is 35.3. The molecule has 0 bridgehead atoms. The van der Waals surface area contributed by atoms with Crippen molar-refractivity contribution >= 4 is 5.97 Å². The molecule has 7 N–H and O–H groups in total. The van der Waals surface area contributed by atoms with E-state index >= 15 is 0 Å². The Morgan fingerprint density at radius 3 is 1.42 bits per heavy atom. The van der Waals surface area contributed by atoms with Gasteiger partial charge in [0, 0.05) is 13.0 Å². The number of aliphatic hydroxyl groups excluding tert-OH is 7. The second kappa shape index (κ2) is 32.7. The predicted octanol–water partition coefficient (Wildman–Crippen LogP) is 4.96. The monoisotopic (exact) mass is 823 g/mol. The van der Waals surface area contributed by atoms with Gasteiger partial charge >= 0.3 is 5.97 Å². The van der Waals surface area contributed by atoms with Crippen LogP contribution >= 0.6 is 0 Å². The molecular weight excluding hydrogens is 740 g/mol. The molecule has 11 unspecified atom stereocenters. The average molecular weight is 823 g/mol. The van der Waals surface area contributed by atoms with Crippen LogP contribution in [0.25, 0.3) is 0 Å². The number of rotatable bonds is 35. The third kappa shape index (κ3) is 21.9. The van der Waals surface area contributed by atoms with Crippen LogP contribution < -0.4 is 0 Å². The molecule has 338 valence electrons. The lowest BCUT2D eigenvalue weighted by Gasteiger charge is -2.42. The van der Waals surface area contributed by atoms with Crippen LogP contribution in [-0.4, -0.2) is 142 Å². The fourth-order valence-electron chi connectivity index (χ4n) is 7.34. The lowest BCUT2D eigenvalue weighted by Crippen LogP contribution is -2.61. The zero-order chi connectivity index (χ0) is 41.7. The number of carbonyl (C=O) groups excluding carboxylic acids is 1. The maximum atomic E-state index is 12.8. The van der Waals surface area contributed by atoms with Crippen molar-refractivity contribution in [1.29, 1.82) is 0 Å². The number of carbonyl (C=O) groups is 1. The van der Waals surface area contributed by atoms with Crippen LogP contribution in [0.4, 0.5) is 0 Å². The van der Waals surface area contributed by atoms with E-state index in [0.29, 0.717) is 13.0 Å². The zero-order valence-electron chi connectivity index (χ0n) is 35.3. The summed E-state index contributed by atoms with van der Waals surface area (Å²) in [6, 6.07) is 0. The first-order valence-corrected chi connectivity index (χ1v) is 22.6. The van der Waals surface area contributed by atoms with Crippen molar-refractivity contribution in [2.45, 2.75) is 235 Å². The van der Waals surface area contributed by atoms with Gasteiger partial charge in [0.15, 0.2) is 12.6 Å². The van der Waals surface area contributed by atoms with Crippen LogP contribution in [-0.2, 0) is 33.2 Å². The van der Waals surface area contributed by atoms with Crippen LogP contribution in [0, 0.1) is 0 Å². The summed E-state index contributed by atoms with van der Waals surface area (Å²) in [6.45, 7) is 3.65. The number of esters is 1. The first kappa shape index (κ1) is 52.1. The Bertz CT molecular complexity index is 959. The number of hydrogen-bond donors (Lipinski definition) is 7. The standard InChI is InChI=1S/C43H82O14/c1-3-5-7-9-11-12-13-14-15-16-17-18-19-21-23-25-27-52-29-32(55-35(45)26-24-22-20-10-8-6-4-2)30-53-42-41(51)39(49)37(47)34(57-42)31-54-43-40(50)38(48)36(46)33(28-44)56-43/h32-34,36-44,46-51H,3-31H2,1-2H3. The number of ether oxygens (including phenoxy) is 6. The molecule has 11 atom stereocenters. The van der Waals surface area contributed by atoms with Gasteiger partial charge in [0.2, 0.25) is 0 Å². The van der Waals surface area contributed by atoms with E-state index in [2.05, 4.69) is 13.8 Å². The molecule has 0 aromatic rings. The Morgan fingerprint density at radius 1 is 0.509 bits per heavy atom. The molecule has 2 rings (SSSR count). The van der Waals surface area contributed by atoms with E-state index in [-0.39, 0.29) is 25.6 Å². The summed E-state index contributed by atoms with van der Waals surface area (Å²) >= 11 is 0. The minimum atomic E-state index is -1.70. The molecule has 2 fully saturated rings. The minimum Gasteiger partial charge on any atom is -0.457 e. The number of aliphatic hydroxyl groups is 7. The molecular formula is C43H82O14. The Hall–Kier alpha value is -1.01. The van der Waals surface area contributed by atoms with Gasteiger partial charge in [-0.05, 0) is 12.8 Å². The SMILES string of the molecule is CCCCCCCCCCCCCCCCCCOCC(COC1OC(COC2OC(CO)C(O)C(O)C2O)C(O)C(O)C1O)OC(=O)CCCCCCCCC. The third-order valence-corrected chi connectivity index (χ3v) is 11.1. The highest BCUT2D eigenvalue weighted by Gasteiger charge is 2.47.